The Labute approximate surface area is 113 Å². The Bertz CT molecular complexity index is 599. The maximum atomic E-state index is 12.1. The summed E-state index contributed by atoms with van der Waals surface area (Å²) in [7, 11) is 0. The molecule has 0 aliphatic carbocycles. The van der Waals surface area contributed by atoms with Gasteiger partial charge in [0, 0.05) is 10.2 Å². The molecule has 1 aromatic heterocycles. The van der Waals surface area contributed by atoms with Gasteiger partial charge in [-0.3, -0.25) is 9.78 Å². The van der Waals surface area contributed by atoms with Crippen LogP contribution in [0.4, 0.5) is 11.4 Å². The highest BCUT2D eigenvalue weighted by atomic mass is 79.9. The molecule has 0 aliphatic heterocycles. The molecule has 0 bridgehead atoms. The number of anilines is 2. The van der Waals surface area contributed by atoms with Crippen molar-refractivity contribution in [3.63, 3.8) is 0 Å². The molecule has 0 aliphatic rings. The Morgan fingerprint density at radius 3 is 2.89 bits per heavy atom. The van der Waals surface area contributed by atoms with E-state index in [1.54, 1.807) is 13.0 Å². The lowest BCUT2D eigenvalue weighted by Gasteiger charge is -2.08. The van der Waals surface area contributed by atoms with Gasteiger partial charge in [0.1, 0.15) is 0 Å². The lowest BCUT2D eigenvalue weighted by molar-refractivity contribution is 0.102. The topological polar surface area (TPSA) is 68.0 Å². The fraction of sp³-hybridized carbons (Fsp3) is 0.0769. The van der Waals surface area contributed by atoms with Crippen LogP contribution in [0.25, 0.3) is 0 Å². The number of nitrogens with one attached hydrogen (secondary N) is 1. The Balaban J connectivity index is 2.24. The number of nitrogen functional groups attached to an aromatic ring is 1. The van der Waals surface area contributed by atoms with E-state index in [0.717, 1.165) is 10.2 Å². The largest absolute Gasteiger partial charge is 0.397 e. The maximum absolute atomic E-state index is 12.1. The molecule has 0 atom stereocenters. The van der Waals surface area contributed by atoms with Crippen LogP contribution < -0.4 is 11.1 Å². The van der Waals surface area contributed by atoms with Gasteiger partial charge in [0.15, 0.2) is 0 Å². The summed E-state index contributed by atoms with van der Waals surface area (Å²) in [4.78, 5) is 16.1. The summed E-state index contributed by atoms with van der Waals surface area (Å²) in [6.07, 6.45) is 1.53. The van der Waals surface area contributed by atoms with Gasteiger partial charge in [-0.05, 0) is 31.2 Å². The van der Waals surface area contributed by atoms with E-state index in [1.807, 2.05) is 24.3 Å². The summed E-state index contributed by atoms with van der Waals surface area (Å²) in [5, 5.41) is 2.80. The van der Waals surface area contributed by atoms with Crippen LogP contribution in [0, 0.1) is 6.92 Å². The van der Waals surface area contributed by atoms with Gasteiger partial charge in [-0.1, -0.05) is 22.0 Å². The van der Waals surface area contributed by atoms with Crippen molar-refractivity contribution in [2.24, 2.45) is 0 Å². The van der Waals surface area contributed by atoms with Gasteiger partial charge in [0.25, 0.3) is 5.91 Å². The molecule has 0 radical (unpaired) electrons. The molecular formula is C13H12BrN3O. The van der Waals surface area contributed by atoms with Gasteiger partial charge in [0.05, 0.1) is 23.1 Å². The number of amides is 1. The number of aryl methyl sites for hydroxylation is 1. The van der Waals surface area contributed by atoms with Crippen LogP contribution in [-0.4, -0.2) is 10.9 Å². The van der Waals surface area contributed by atoms with E-state index in [2.05, 4.69) is 26.2 Å². The number of halogens is 1. The van der Waals surface area contributed by atoms with Crippen molar-refractivity contribution in [2.45, 2.75) is 6.92 Å². The van der Waals surface area contributed by atoms with Gasteiger partial charge in [-0.2, -0.15) is 0 Å². The predicted octanol–water partition coefficient (Wildman–Crippen LogP) is 2.99. The summed E-state index contributed by atoms with van der Waals surface area (Å²) in [5.74, 6) is -0.217. The normalized spacial score (nSPS) is 10.1. The third kappa shape index (κ3) is 2.87. The van der Waals surface area contributed by atoms with E-state index < -0.39 is 0 Å². The highest BCUT2D eigenvalue weighted by Crippen LogP contribution is 2.17. The molecule has 0 saturated carbocycles. The fourth-order valence-corrected chi connectivity index (χ4v) is 1.94. The van der Waals surface area contributed by atoms with E-state index in [4.69, 9.17) is 5.73 Å². The van der Waals surface area contributed by atoms with Crippen LogP contribution >= 0.6 is 15.9 Å². The zero-order chi connectivity index (χ0) is 13.1. The summed E-state index contributed by atoms with van der Waals surface area (Å²) in [6.45, 7) is 1.77. The van der Waals surface area contributed by atoms with E-state index >= 15 is 0 Å². The number of nitrogens with zero attached hydrogens (tertiary/aromatic N) is 1. The highest BCUT2D eigenvalue weighted by molar-refractivity contribution is 9.10. The number of rotatable bonds is 2. The van der Waals surface area contributed by atoms with Gasteiger partial charge in [0.2, 0.25) is 0 Å². The number of nitrogens with two attached hydrogens (primary N) is 1. The average molecular weight is 306 g/mol. The van der Waals surface area contributed by atoms with Crippen LogP contribution in [0.5, 0.6) is 0 Å². The second-order valence-corrected chi connectivity index (χ2v) is 4.78. The molecule has 1 heterocycles. The zero-order valence-corrected chi connectivity index (χ0v) is 11.4. The van der Waals surface area contributed by atoms with Gasteiger partial charge >= 0.3 is 0 Å². The van der Waals surface area contributed by atoms with Gasteiger partial charge < -0.3 is 11.1 Å². The number of hydrogen-bond acceptors (Lipinski definition) is 3. The molecule has 3 N–H and O–H groups in total. The molecule has 5 heteroatoms. The number of hydrogen-bond donors (Lipinski definition) is 2. The molecule has 2 aromatic rings. The van der Waals surface area contributed by atoms with Crippen LogP contribution in [-0.2, 0) is 0 Å². The van der Waals surface area contributed by atoms with E-state index in [1.165, 1.54) is 6.20 Å². The van der Waals surface area contributed by atoms with Crippen molar-refractivity contribution in [1.29, 1.82) is 0 Å². The first-order valence-corrected chi connectivity index (χ1v) is 6.14. The van der Waals surface area contributed by atoms with Gasteiger partial charge in [-0.25, -0.2) is 0 Å². The van der Waals surface area contributed by atoms with Gasteiger partial charge in [-0.15, -0.1) is 0 Å². The van der Waals surface area contributed by atoms with Crippen molar-refractivity contribution in [3.05, 3.63) is 52.3 Å². The van der Waals surface area contributed by atoms with Crippen molar-refractivity contribution >= 4 is 33.2 Å². The zero-order valence-electron chi connectivity index (χ0n) is 9.77. The molecule has 18 heavy (non-hydrogen) atoms. The molecule has 0 fully saturated rings. The first-order valence-electron chi connectivity index (χ1n) is 5.35. The minimum absolute atomic E-state index is 0.217. The molecule has 1 amide bonds. The van der Waals surface area contributed by atoms with Crippen LogP contribution in [0.15, 0.2) is 41.0 Å². The third-order valence-corrected chi connectivity index (χ3v) is 2.93. The quantitative estimate of drug-likeness (QED) is 0.896. The standard InChI is InChI=1S/C13H12BrN3O/c1-8-12(6-10(15)7-16-8)13(18)17-11-4-2-3-9(14)5-11/h2-7H,15H2,1H3,(H,17,18). The minimum atomic E-state index is -0.217. The van der Waals surface area contributed by atoms with Crippen molar-refractivity contribution in [2.75, 3.05) is 11.1 Å². The lowest BCUT2D eigenvalue weighted by Crippen LogP contribution is -2.14. The van der Waals surface area contributed by atoms with E-state index in [9.17, 15) is 4.79 Å². The number of aromatic nitrogens is 1. The monoisotopic (exact) mass is 305 g/mol. The molecule has 0 saturated heterocycles. The molecular weight excluding hydrogens is 294 g/mol. The minimum Gasteiger partial charge on any atom is -0.397 e. The van der Waals surface area contributed by atoms with E-state index in [0.29, 0.717) is 16.9 Å². The fourth-order valence-electron chi connectivity index (χ4n) is 1.54. The molecule has 2 rings (SSSR count). The summed E-state index contributed by atoms with van der Waals surface area (Å²) >= 11 is 3.35. The van der Waals surface area contributed by atoms with Crippen LogP contribution in [0.2, 0.25) is 0 Å². The summed E-state index contributed by atoms with van der Waals surface area (Å²) < 4.78 is 0.905. The SMILES string of the molecule is Cc1ncc(N)cc1C(=O)Nc1cccc(Br)c1. The smallest absolute Gasteiger partial charge is 0.257 e. The number of pyridine rings is 1. The van der Waals surface area contributed by atoms with Crippen molar-refractivity contribution in [3.8, 4) is 0 Å². The molecule has 4 nitrogen and oxygen atoms in total. The highest BCUT2D eigenvalue weighted by Gasteiger charge is 2.10. The summed E-state index contributed by atoms with van der Waals surface area (Å²) in [6, 6.07) is 9.01. The number of carbonyl (C=O) groups is 1. The average Bonchev–Trinajstić information content (AvgIpc) is 2.32. The first-order chi connectivity index (χ1) is 8.56. The van der Waals surface area contributed by atoms with Crippen molar-refractivity contribution in [1.82, 2.24) is 4.98 Å². The first kappa shape index (κ1) is 12.6. The Morgan fingerprint density at radius 1 is 1.39 bits per heavy atom. The Kier molecular flexibility index (Phi) is 3.62. The Morgan fingerprint density at radius 2 is 2.17 bits per heavy atom. The second-order valence-electron chi connectivity index (χ2n) is 3.87. The van der Waals surface area contributed by atoms with Crippen LogP contribution in [0.1, 0.15) is 16.1 Å². The Hall–Kier alpha value is -1.88. The number of benzene rings is 1. The molecule has 92 valence electrons. The third-order valence-electron chi connectivity index (χ3n) is 2.44. The maximum Gasteiger partial charge on any atom is 0.257 e. The van der Waals surface area contributed by atoms with Crippen molar-refractivity contribution < 1.29 is 4.79 Å². The molecule has 0 spiro atoms. The second kappa shape index (κ2) is 5.18. The molecule has 1 aromatic carbocycles. The number of carbonyl (C=O) groups excluding carboxylic acids is 1. The van der Waals surface area contributed by atoms with E-state index in [-0.39, 0.29) is 5.91 Å². The van der Waals surface area contributed by atoms with Crippen LogP contribution in [0.3, 0.4) is 0 Å². The summed E-state index contributed by atoms with van der Waals surface area (Å²) in [5.41, 5.74) is 7.95. The lowest BCUT2D eigenvalue weighted by atomic mass is 10.1. The molecule has 0 unspecified atom stereocenters. The predicted molar refractivity (Wildman–Crippen MR) is 75.5 cm³/mol.